The van der Waals surface area contributed by atoms with Gasteiger partial charge in [-0.2, -0.15) is 0 Å². The lowest BCUT2D eigenvalue weighted by Crippen LogP contribution is -2.13. The van der Waals surface area contributed by atoms with Gasteiger partial charge in [0.2, 0.25) is 0 Å². The monoisotopic (exact) mass is 295 g/mol. The molecule has 0 radical (unpaired) electrons. The lowest BCUT2D eigenvalue weighted by Gasteiger charge is -2.12. The first-order valence-corrected chi connectivity index (χ1v) is 7.06. The number of ether oxygens (including phenoxy) is 1. The van der Waals surface area contributed by atoms with Crippen molar-refractivity contribution < 1.29 is 13.5 Å². The minimum absolute atomic E-state index is 0.350. The van der Waals surface area contributed by atoms with Crippen molar-refractivity contribution in [1.82, 2.24) is 0 Å². The van der Waals surface area contributed by atoms with Crippen molar-refractivity contribution in [3.05, 3.63) is 59.7 Å². The third-order valence-electron chi connectivity index (χ3n) is 2.86. The Hall–Kier alpha value is -1.59. The summed E-state index contributed by atoms with van der Waals surface area (Å²) >= 11 is 1.56. The van der Waals surface area contributed by atoms with Crippen LogP contribution >= 0.6 is 11.8 Å². The maximum atomic E-state index is 13.1. The largest absolute Gasteiger partial charge is 0.497 e. The van der Waals surface area contributed by atoms with E-state index in [4.69, 9.17) is 10.5 Å². The van der Waals surface area contributed by atoms with Crippen LogP contribution in [-0.4, -0.2) is 12.9 Å². The van der Waals surface area contributed by atoms with Crippen LogP contribution in [0, 0.1) is 11.6 Å². The molecule has 5 heteroatoms. The van der Waals surface area contributed by atoms with E-state index in [0.29, 0.717) is 11.3 Å². The fourth-order valence-electron chi connectivity index (χ4n) is 1.70. The van der Waals surface area contributed by atoms with Gasteiger partial charge >= 0.3 is 0 Å². The van der Waals surface area contributed by atoms with Gasteiger partial charge in [0.25, 0.3) is 0 Å². The Kier molecular flexibility index (Phi) is 4.98. The molecule has 0 saturated heterocycles. The molecule has 0 heterocycles. The van der Waals surface area contributed by atoms with Crippen molar-refractivity contribution in [3.8, 4) is 5.75 Å². The van der Waals surface area contributed by atoms with Gasteiger partial charge in [-0.1, -0.05) is 6.07 Å². The fraction of sp³-hybridized carbons (Fsp3) is 0.200. The third-order valence-corrected chi connectivity index (χ3v) is 3.99. The van der Waals surface area contributed by atoms with Gasteiger partial charge in [0.15, 0.2) is 11.6 Å². The average molecular weight is 295 g/mol. The minimum atomic E-state index is -0.868. The van der Waals surface area contributed by atoms with Crippen molar-refractivity contribution in [3.63, 3.8) is 0 Å². The normalized spacial score (nSPS) is 12.2. The van der Waals surface area contributed by atoms with Gasteiger partial charge in [-0.15, -0.1) is 11.8 Å². The van der Waals surface area contributed by atoms with Gasteiger partial charge in [0, 0.05) is 16.7 Å². The molecule has 20 heavy (non-hydrogen) atoms. The second-order valence-corrected chi connectivity index (χ2v) is 5.36. The van der Waals surface area contributed by atoms with E-state index in [1.54, 1.807) is 18.9 Å². The van der Waals surface area contributed by atoms with Crippen LogP contribution in [0.15, 0.2) is 47.4 Å². The van der Waals surface area contributed by atoms with Crippen LogP contribution < -0.4 is 10.5 Å². The first kappa shape index (κ1) is 14.8. The third kappa shape index (κ3) is 3.71. The van der Waals surface area contributed by atoms with Crippen molar-refractivity contribution in [1.29, 1.82) is 0 Å². The lowest BCUT2D eigenvalue weighted by molar-refractivity contribution is 0.414. The van der Waals surface area contributed by atoms with E-state index in [-0.39, 0.29) is 6.04 Å². The molecule has 2 nitrogen and oxygen atoms in total. The molecular formula is C15H15F2NOS. The maximum Gasteiger partial charge on any atom is 0.159 e. The van der Waals surface area contributed by atoms with Gasteiger partial charge in [-0.25, -0.2) is 8.78 Å². The highest BCUT2D eigenvalue weighted by Crippen LogP contribution is 2.25. The van der Waals surface area contributed by atoms with E-state index in [0.717, 1.165) is 22.8 Å². The SMILES string of the molecule is COc1ccc(SCC(N)c2ccc(F)c(F)c2)cc1. The number of thioether (sulfide) groups is 1. The van der Waals surface area contributed by atoms with Crippen molar-refractivity contribution in [2.24, 2.45) is 5.73 Å². The molecule has 1 unspecified atom stereocenters. The van der Waals surface area contributed by atoms with E-state index in [1.807, 2.05) is 24.3 Å². The highest BCUT2D eigenvalue weighted by Gasteiger charge is 2.10. The molecule has 0 saturated carbocycles. The molecule has 0 aliphatic carbocycles. The molecule has 0 fully saturated rings. The zero-order chi connectivity index (χ0) is 14.5. The molecule has 0 spiro atoms. The Morgan fingerprint density at radius 2 is 1.80 bits per heavy atom. The topological polar surface area (TPSA) is 35.2 Å². The first-order valence-electron chi connectivity index (χ1n) is 6.07. The van der Waals surface area contributed by atoms with E-state index in [1.165, 1.54) is 6.07 Å². The number of hydrogen-bond donors (Lipinski definition) is 1. The number of nitrogens with two attached hydrogens (primary N) is 1. The summed E-state index contributed by atoms with van der Waals surface area (Å²) in [5.41, 5.74) is 6.57. The van der Waals surface area contributed by atoms with Crippen molar-refractivity contribution in [2.75, 3.05) is 12.9 Å². The predicted octanol–water partition coefficient (Wildman–Crippen LogP) is 3.77. The second kappa shape index (κ2) is 6.72. The van der Waals surface area contributed by atoms with Crippen LogP contribution in [0.5, 0.6) is 5.75 Å². The van der Waals surface area contributed by atoms with Crippen LogP contribution in [0.3, 0.4) is 0 Å². The predicted molar refractivity (Wildman–Crippen MR) is 77.0 cm³/mol. The van der Waals surface area contributed by atoms with Gasteiger partial charge < -0.3 is 10.5 Å². The highest BCUT2D eigenvalue weighted by molar-refractivity contribution is 7.99. The summed E-state index contributed by atoms with van der Waals surface area (Å²) < 4.78 is 31.1. The summed E-state index contributed by atoms with van der Waals surface area (Å²) in [5.74, 6) is -0.354. The molecule has 0 bridgehead atoms. The summed E-state index contributed by atoms with van der Waals surface area (Å²) in [7, 11) is 1.61. The molecule has 0 aliphatic rings. The molecule has 0 aromatic heterocycles. The molecule has 0 amide bonds. The Morgan fingerprint density at radius 3 is 2.40 bits per heavy atom. The molecular weight excluding hydrogens is 280 g/mol. The second-order valence-electron chi connectivity index (χ2n) is 4.27. The Bertz CT molecular complexity index is 575. The van der Waals surface area contributed by atoms with E-state index < -0.39 is 11.6 Å². The van der Waals surface area contributed by atoms with Crippen LogP contribution in [-0.2, 0) is 0 Å². The van der Waals surface area contributed by atoms with Crippen molar-refractivity contribution in [2.45, 2.75) is 10.9 Å². The van der Waals surface area contributed by atoms with Crippen LogP contribution in [0.1, 0.15) is 11.6 Å². The number of halogens is 2. The lowest BCUT2D eigenvalue weighted by atomic mass is 10.1. The Morgan fingerprint density at radius 1 is 1.10 bits per heavy atom. The minimum Gasteiger partial charge on any atom is -0.497 e. The number of benzene rings is 2. The van der Waals surface area contributed by atoms with Crippen molar-refractivity contribution >= 4 is 11.8 Å². The van der Waals surface area contributed by atoms with Crippen LogP contribution in [0.25, 0.3) is 0 Å². The quantitative estimate of drug-likeness (QED) is 0.853. The highest BCUT2D eigenvalue weighted by atomic mass is 32.2. The first-order chi connectivity index (χ1) is 9.60. The number of hydrogen-bond acceptors (Lipinski definition) is 3. The summed E-state index contributed by atoms with van der Waals surface area (Å²) in [6.07, 6.45) is 0. The molecule has 1 atom stereocenters. The zero-order valence-corrected chi connectivity index (χ0v) is 11.8. The summed E-state index contributed by atoms with van der Waals surface area (Å²) in [6, 6.07) is 11.0. The van der Waals surface area contributed by atoms with Crippen LogP contribution in [0.4, 0.5) is 8.78 Å². The summed E-state index contributed by atoms with van der Waals surface area (Å²) in [4.78, 5) is 1.05. The molecule has 106 valence electrons. The Balaban J connectivity index is 1.96. The van der Waals surface area contributed by atoms with Gasteiger partial charge in [0.1, 0.15) is 5.75 Å². The standard InChI is InChI=1S/C15H15F2NOS/c1-19-11-3-5-12(6-4-11)20-9-15(18)10-2-7-13(16)14(17)8-10/h2-8,15H,9,18H2,1H3. The summed E-state index contributed by atoms with van der Waals surface area (Å²) in [6.45, 7) is 0. The molecule has 2 aromatic rings. The number of methoxy groups -OCH3 is 1. The number of rotatable bonds is 5. The molecule has 2 N–H and O–H groups in total. The van der Waals surface area contributed by atoms with Crippen LogP contribution in [0.2, 0.25) is 0 Å². The van der Waals surface area contributed by atoms with E-state index in [9.17, 15) is 8.78 Å². The van der Waals surface area contributed by atoms with Gasteiger partial charge in [-0.05, 0) is 42.0 Å². The smallest absolute Gasteiger partial charge is 0.159 e. The molecule has 2 rings (SSSR count). The van der Waals surface area contributed by atoms with Gasteiger partial charge in [0.05, 0.1) is 7.11 Å². The van der Waals surface area contributed by atoms with Gasteiger partial charge in [-0.3, -0.25) is 0 Å². The summed E-state index contributed by atoms with van der Waals surface area (Å²) in [5, 5.41) is 0. The average Bonchev–Trinajstić information content (AvgIpc) is 2.48. The van der Waals surface area contributed by atoms with E-state index in [2.05, 4.69) is 0 Å². The maximum absolute atomic E-state index is 13.1. The fourth-order valence-corrected chi connectivity index (χ4v) is 2.59. The van der Waals surface area contributed by atoms with E-state index >= 15 is 0 Å². The Labute approximate surface area is 120 Å². The zero-order valence-electron chi connectivity index (χ0n) is 11.0. The molecule has 2 aromatic carbocycles. The molecule has 0 aliphatic heterocycles.